The number of benzene rings is 1. The number of aromatic hydroxyl groups is 1. The number of unbranched alkanes of at least 4 members (excludes halogenated alkanes) is 7. The summed E-state index contributed by atoms with van der Waals surface area (Å²) in [6.07, 6.45) is 19.7. The summed E-state index contributed by atoms with van der Waals surface area (Å²) in [5.74, 6) is 2.94. The van der Waals surface area contributed by atoms with Gasteiger partial charge in [-0.25, -0.2) is 0 Å². The Morgan fingerprint density at radius 2 is 1.79 bits per heavy atom. The van der Waals surface area contributed by atoms with Crippen molar-refractivity contribution in [3.8, 4) is 5.75 Å². The zero-order valence-electron chi connectivity index (χ0n) is 24.5. The van der Waals surface area contributed by atoms with Crippen molar-refractivity contribution in [3.05, 3.63) is 40.5 Å². The number of phenolic OH excluding ortho intramolecular Hbond substituents is 1. The number of aliphatic hydroxyl groups excluding tert-OH is 1. The standard InChI is InChI=1S/C34H53NO3/c1-22(2)31-23(3)32-24(20-28(31)36)16-17-26-27-18-19-29(37)34(27,4)21-25(33(26)32)14-12-10-8-6-5-7-9-11-13-15-30(35)38/h13,15,20,22,25-27,29,33,36-37H,5-12,14,16-19,21H2,1-4H3,(H2,35,38)/t25-,26?,27?,29-,33?,34-/m0/s1. The number of primary amides is 1. The van der Waals surface area contributed by atoms with E-state index in [9.17, 15) is 15.0 Å². The summed E-state index contributed by atoms with van der Waals surface area (Å²) in [6, 6.07) is 2.10. The predicted molar refractivity (Wildman–Crippen MR) is 156 cm³/mol. The Morgan fingerprint density at radius 1 is 1.11 bits per heavy atom. The molecule has 3 aliphatic rings. The second-order valence-electron chi connectivity index (χ2n) is 13.4. The van der Waals surface area contributed by atoms with E-state index < -0.39 is 0 Å². The SMILES string of the molecule is Cc1c(C(C)C)c(O)cc2c1C1C(CC2)C2CC[C@H](O)[C@@]2(C)C[C@@H]1CCCCCCCCCC=CC(N)=O. The van der Waals surface area contributed by atoms with E-state index in [-0.39, 0.29) is 17.4 Å². The number of aryl methyl sites for hydroxylation is 1. The summed E-state index contributed by atoms with van der Waals surface area (Å²) in [7, 11) is 0. The van der Waals surface area contributed by atoms with Crippen molar-refractivity contribution in [1.29, 1.82) is 0 Å². The molecule has 1 aromatic rings. The maximum absolute atomic E-state index is 11.1. The van der Waals surface area contributed by atoms with Crippen LogP contribution in [0, 0.1) is 30.1 Å². The van der Waals surface area contributed by atoms with E-state index in [0.29, 0.717) is 35.3 Å². The molecular weight excluding hydrogens is 470 g/mol. The van der Waals surface area contributed by atoms with Gasteiger partial charge in [0.15, 0.2) is 0 Å². The molecular formula is C34H53NO3. The van der Waals surface area contributed by atoms with Gasteiger partial charge in [0.2, 0.25) is 5.91 Å². The van der Waals surface area contributed by atoms with Crippen molar-refractivity contribution in [2.75, 3.05) is 0 Å². The van der Waals surface area contributed by atoms with E-state index in [4.69, 9.17) is 5.73 Å². The van der Waals surface area contributed by atoms with Gasteiger partial charge in [0.05, 0.1) is 6.10 Å². The Morgan fingerprint density at radius 3 is 2.47 bits per heavy atom. The number of rotatable bonds is 12. The van der Waals surface area contributed by atoms with Crippen molar-refractivity contribution in [2.24, 2.45) is 28.9 Å². The van der Waals surface area contributed by atoms with Crippen LogP contribution in [-0.4, -0.2) is 22.2 Å². The van der Waals surface area contributed by atoms with E-state index in [1.165, 1.54) is 75.0 Å². The molecule has 0 bridgehead atoms. The van der Waals surface area contributed by atoms with E-state index in [1.807, 2.05) is 6.08 Å². The van der Waals surface area contributed by atoms with Gasteiger partial charge in [-0.2, -0.15) is 0 Å². The van der Waals surface area contributed by atoms with Gasteiger partial charge in [-0.3, -0.25) is 4.79 Å². The minimum absolute atomic E-state index is 0.0675. The molecule has 0 radical (unpaired) electrons. The van der Waals surface area contributed by atoms with Gasteiger partial charge < -0.3 is 15.9 Å². The van der Waals surface area contributed by atoms with Crippen molar-refractivity contribution < 1.29 is 15.0 Å². The maximum atomic E-state index is 11.1. The first kappa shape index (κ1) is 29.2. The van der Waals surface area contributed by atoms with E-state index in [1.54, 1.807) is 5.56 Å². The van der Waals surface area contributed by atoms with Crippen LogP contribution < -0.4 is 5.73 Å². The first-order valence-electron chi connectivity index (χ1n) is 15.6. The molecule has 2 saturated carbocycles. The number of carbonyl (C=O) groups excluding carboxylic acids is 1. The number of allylic oxidation sites excluding steroid dienone is 1. The molecule has 38 heavy (non-hydrogen) atoms. The third-order valence-corrected chi connectivity index (χ3v) is 10.7. The van der Waals surface area contributed by atoms with Gasteiger partial charge >= 0.3 is 0 Å². The number of phenols is 1. The molecule has 2 fully saturated rings. The van der Waals surface area contributed by atoms with Crippen LogP contribution >= 0.6 is 0 Å². The highest BCUT2D eigenvalue weighted by atomic mass is 16.3. The molecule has 3 aliphatic carbocycles. The lowest BCUT2D eigenvalue weighted by molar-refractivity contribution is -0.113. The summed E-state index contributed by atoms with van der Waals surface area (Å²) in [5, 5.41) is 22.0. The summed E-state index contributed by atoms with van der Waals surface area (Å²) in [5.41, 5.74) is 10.7. The van der Waals surface area contributed by atoms with Crippen LogP contribution in [-0.2, 0) is 11.2 Å². The van der Waals surface area contributed by atoms with E-state index in [0.717, 1.165) is 37.7 Å². The van der Waals surface area contributed by atoms with Crippen molar-refractivity contribution in [3.63, 3.8) is 0 Å². The molecule has 4 rings (SSSR count). The summed E-state index contributed by atoms with van der Waals surface area (Å²) >= 11 is 0. The van der Waals surface area contributed by atoms with Gasteiger partial charge in [-0.1, -0.05) is 65.4 Å². The lowest BCUT2D eigenvalue weighted by atomic mass is 9.50. The van der Waals surface area contributed by atoms with Crippen LogP contribution in [0.2, 0.25) is 0 Å². The Kier molecular flexibility index (Phi) is 9.66. The van der Waals surface area contributed by atoms with Crippen LogP contribution in [0.3, 0.4) is 0 Å². The monoisotopic (exact) mass is 523 g/mol. The first-order chi connectivity index (χ1) is 18.1. The molecule has 0 saturated heterocycles. The van der Waals surface area contributed by atoms with Gasteiger partial charge in [-0.05, 0) is 128 Å². The third kappa shape index (κ3) is 6.01. The van der Waals surface area contributed by atoms with Gasteiger partial charge in [-0.15, -0.1) is 0 Å². The number of hydrogen-bond acceptors (Lipinski definition) is 3. The highest BCUT2D eigenvalue weighted by Crippen LogP contribution is 2.64. The van der Waals surface area contributed by atoms with Gasteiger partial charge in [0.25, 0.3) is 0 Å². The molecule has 4 heteroatoms. The molecule has 0 spiro atoms. The Balaban J connectivity index is 1.41. The quantitative estimate of drug-likeness (QED) is 0.193. The van der Waals surface area contributed by atoms with Crippen molar-refractivity contribution in [2.45, 2.75) is 136 Å². The van der Waals surface area contributed by atoms with Crippen LogP contribution in [0.5, 0.6) is 5.75 Å². The fourth-order valence-electron chi connectivity index (χ4n) is 9.01. The first-order valence-corrected chi connectivity index (χ1v) is 15.6. The van der Waals surface area contributed by atoms with Crippen molar-refractivity contribution in [1.82, 2.24) is 0 Å². The number of carbonyl (C=O) groups is 1. The molecule has 1 aromatic carbocycles. The van der Waals surface area contributed by atoms with E-state index >= 15 is 0 Å². The molecule has 4 N–H and O–H groups in total. The Hall–Kier alpha value is -1.81. The molecule has 1 amide bonds. The minimum Gasteiger partial charge on any atom is -0.508 e. The molecule has 0 aliphatic heterocycles. The number of fused-ring (bicyclic) bond motifs is 5. The minimum atomic E-state index is -0.355. The van der Waals surface area contributed by atoms with E-state index in [2.05, 4.69) is 33.8 Å². The zero-order valence-corrected chi connectivity index (χ0v) is 24.5. The third-order valence-electron chi connectivity index (χ3n) is 10.7. The smallest absolute Gasteiger partial charge is 0.241 e. The number of nitrogens with two attached hydrogens (primary N) is 1. The predicted octanol–water partition coefficient (Wildman–Crippen LogP) is 7.82. The molecule has 0 aromatic heterocycles. The molecule has 6 atom stereocenters. The Bertz CT molecular complexity index is 998. The van der Waals surface area contributed by atoms with Crippen LogP contribution in [0.4, 0.5) is 0 Å². The lowest BCUT2D eigenvalue weighted by Crippen LogP contribution is -2.48. The zero-order chi connectivity index (χ0) is 27.4. The summed E-state index contributed by atoms with van der Waals surface area (Å²) < 4.78 is 0. The second kappa shape index (κ2) is 12.6. The number of aliphatic hydroxyl groups is 1. The highest BCUT2D eigenvalue weighted by molar-refractivity contribution is 5.85. The molecule has 0 heterocycles. The normalized spacial score (nSPS) is 30.4. The maximum Gasteiger partial charge on any atom is 0.241 e. The number of hydrogen-bond donors (Lipinski definition) is 3. The fraction of sp³-hybridized carbons (Fsp3) is 0.735. The topological polar surface area (TPSA) is 83.6 Å². The molecule has 4 nitrogen and oxygen atoms in total. The summed E-state index contributed by atoms with van der Waals surface area (Å²) in [4.78, 5) is 10.8. The van der Waals surface area contributed by atoms with Crippen LogP contribution in [0.1, 0.15) is 138 Å². The second-order valence-corrected chi connectivity index (χ2v) is 13.4. The van der Waals surface area contributed by atoms with Gasteiger partial charge in [0, 0.05) is 0 Å². The average molecular weight is 524 g/mol. The van der Waals surface area contributed by atoms with Gasteiger partial charge in [0.1, 0.15) is 5.75 Å². The molecule has 3 unspecified atom stereocenters. The Labute approximate surface area is 231 Å². The highest BCUT2D eigenvalue weighted by Gasteiger charge is 2.57. The average Bonchev–Trinajstić information content (AvgIpc) is 3.15. The lowest BCUT2D eigenvalue weighted by Gasteiger charge is -2.54. The fourth-order valence-corrected chi connectivity index (χ4v) is 9.01. The number of amides is 1. The largest absolute Gasteiger partial charge is 0.508 e. The van der Waals surface area contributed by atoms with Crippen LogP contribution in [0.15, 0.2) is 18.2 Å². The van der Waals surface area contributed by atoms with Crippen molar-refractivity contribution >= 4 is 5.91 Å². The molecule has 212 valence electrons. The van der Waals surface area contributed by atoms with Crippen LogP contribution in [0.25, 0.3) is 0 Å². The summed E-state index contributed by atoms with van der Waals surface area (Å²) in [6.45, 7) is 9.08.